The van der Waals surface area contributed by atoms with E-state index in [2.05, 4.69) is 37.4 Å². The monoisotopic (exact) mass is 312 g/mol. The van der Waals surface area contributed by atoms with Gasteiger partial charge in [0.15, 0.2) is 0 Å². The topological polar surface area (TPSA) is 15.3 Å². The zero-order valence-electron chi connectivity index (χ0n) is 14.0. The smallest absolute Gasteiger partial charge is 0.131 e. The minimum absolute atomic E-state index is 0.0260. The highest BCUT2D eigenvalue weighted by molar-refractivity contribution is 5.72. The molecule has 0 aliphatic carbocycles. The quantitative estimate of drug-likeness (QED) is 0.671. The van der Waals surface area contributed by atoms with Crippen LogP contribution >= 0.6 is 0 Å². The SMILES string of the molecule is C=C=CCCC(C(=C)NC)N(C)C(=C)c1cccc(F)c1C=C. The van der Waals surface area contributed by atoms with Crippen LogP contribution in [0.4, 0.5) is 4.39 Å². The second kappa shape index (κ2) is 8.82. The van der Waals surface area contributed by atoms with Gasteiger partial charge in [-0.3, -0.25) is 0 Å². The fraction of sp³-hybridized carbons (Fsp3) is 0.250. The van der Waals surface area contributed by atoms with E-state index >= 15 is 0 Å². The largest absolute Gasteiger partial charge is 0.390 e. The van der Waals surface area contributed by atoms with Crippen molar-refractivity contribution in [1.29, 1.82) is 0 Å². The lowest BCUT2D eigenvalue weighted by Crippen LogP contribution is -2.35. The number of benzene rings is 1. The summed E-state index contributed by atoms with van der Waals surface area (Å²) in [6, 6.07) is 4.98. The van der Waals surface area contributed by atoms with Gasteiger partial charge in [0.1, 0.15) is 5.82 Å². The number of nitrogens with one attached hydrogen (secondary N) is 1. The first-order valence-electron chi connectivity index (χ1n) is 7.51. The van der Waals surface area contributed by atoms with Crippen LogP contribution in [0.1, 0.15) is 24.0 Å². The van der Waals surface area contributed by atoms with E-state index in [-0.39, 0.29) is 11.9 Å². The summed E-state index contributed by atoms with van der Waals surface area (Å²) in [6.07, 6.45) is 5.07. The third-order valence-corrected chi connectivity index (χ3v) is 3.91. The molecule has 2 nitrogen and oxygen atoms in total. The van der Waals surface area contributed by atoms with Crippen LogP contribution in [0.5, 0.6) is 0 Å². The van der Waals surface area contributed by atoms with Crippen molar-refractivity contribution in [3.8, 4) is 0 Å². The number of halogens is 1. The van der Waals surface area contributed by atoms with E-state index in [1.807, 2.05) is 31.1 Å². The van der Waals surface area contributed by atoms with Crippen molar-refractivity contribution in [3.05, 3.63) is 79.0 Å². The third-order valence-electron chi connectivity index (χ3n) is 3.91. The molecule has 0 fully saturated rings. The number of hydrogen-bond donors (Lipinski definition) is 1. The Morgan fingerprint density at radius 3 is 2.70 bits per heavy atom. The van der Waals surface area contributed by atoms with Crippen LogP contribution in [-0.4, -0.2) is 25.0 Å². The predicted molar refractivity (Wildman–Crippen MR) is 98.2 cm³/mol. The average Bonchev–Trinajstić information content (AvgIpc) is 2.56. The molecule has 0 aliphatic heterocycles. The zero-order valence-corrected chi connectivity index (χ0v) is 14.0. The summed E-state index contributed by atoms with van der Waals surface area (Å²) in [6.45, 7) is 15.5. The van der Waals surface area contributed by atoms with E-state index in [4.69, 9.17) is 0 Å². The molecule has 1 rings (SSSR count). The number of nitrogens with zero attached hydrogens (tertiary/aromatic N) is 1. The lowest BCUT2D eigenvalue weighted by molar-refractivity contribution is 0.361. The minimum Gasteiger partial charge on any atom is -0.390 e. The van der Waals surface area contributed by atoms with Gasteiger partial charge in [0.05, 0.1) is 6.04 Å². The number of likely N-dealkylation sites (N-methyl/N-ethyl adjacent to an activating group) is 2. The Kier molecular flexibility index (Phi) is 7.11. The molecule has 1 N–H and O–H groups in total. The molecule has 0 heterocycles. The maximum absolute atomic E-state index is 14.0. The minimum atomic E-state index is -0.300. The lowest BCUT2D eigenvalue weighted by atomic mass is 10.0. The molecule has 0 aliphatic rings. The molecule has 1 aromatic carbocycles. The second-order valence-electron chi connectivity index (χ2n) is 5.24. The first-order valence-corrected chi connectivity index (χ1v) is 7.51. The molecule has 1 atom stereocenters. The zero-order chi connectivity index (χ0) is 17.4. The highest BCUT2D eigenvalue weighted by atomic mass is 19.1. The summed E-state index contributed by atoms with van der Waals surface area (Å²) >= 11 is 0. The van der Waals surface area contributed by atoms with Crippen LogP contribution in [0.25, 0.3) is 11.8 Å². The standard InChI is InChI=1S/C20H25FN2/c1-7-9-10-14-20(15(3)22-5)23(6)16(4)18-12-11-13-19(21)17(18)8-2/h8-9,11-13,20,22H,1-4,10,14H2,5-6H3. The molecule has 0 spiro atoms. The van der Waals surface area contributed by atoms with Gasteiger partial charge >= 0.3 is 0 Å². The molecule has 0 aromatic heterocycles. The van der Waals surface area contributed by atoms with Crippen LogP contribution in [0, 0.1) is 5.82 Å². The lowest BCUT2D eigenvalue weighted by Gasteiger charge is -2.33. The van der Waals surface area contributed by atoms with Gasteiger partial charge in [-0.2, -0.15) is 0 Å². The van der Waals surface area contributed by atoms with E-state index < -0.39 is 0 Å². The van der Waals surface area contributed by atoms with Gasteiger partial charge in [-0.15, -0.1) is 5.73 Å². The molecular weight excluding hydrogens is 287 g/mol. The fourth-order valence-electron chi connectivity index (χ4n) is 2.49. The molecule has 122 valence electrons. The van der Waals surface area contributed by atoms with Crippen molar-refractivity contribution in [2.45, 2.75) is 18.9 Å². The third kappa shape index (κ3) is 4.48. The van der Waals surface area contributed by atoms with E-state index in [0.717, 1.165) is 29.8 Å². The molecule has 0 radical (unpaired) electrons. The van der Waals surface area contributed by atoms with Crippen LogP contribution in [-0.2, 0) is 0 Å². The molecular formula is C20H25FN2. The summed E-state index contributed by atoms with van der Waals surface area (Å²) in [5.41, 5.74) is 5.57. The van der Waals surface area contributed by atoms with Crippen LogP contribution in [0.15, 0.2) is 62.0 Å². The van der Waals surface area contributed by atoms with Gasteiger partial charge in [-0.1, -0.05) is 44.5 Å². The van der Waals surface area contributed by atoms with Crippen LogP contribution in [0.2, 0.25) is 0 Å². The molecule has 23 heavy (non-hydrogen) atoms. The molecule has 0 bridgehead atoms. The average molecular weight is 312 g/mol. The van der Waals surface area contributed by atoms with Gasteiger partial charge in [0.25, 0.3) is 0 Å². The molecule has 0 amide bonds. The van der Waals surface area contributed by atoms with Crippen LogP contribution < -0.4 is 5.32 Å². The Labute approximate surface area is 139 Å². The predicted octanol–water partition coefficient (Wildman–Crippen LogP) is 4.59. The van der Waals surface area contributed by atoms with Gasteiger partial charge in [0, 0.05) is 36.6 Å². The van der Waals surface area contributed by atoms with Crippen molar-refractivity contribution in [1.82, 2.24) is 10.2 Å². The summed E-state index contributed by atoms with van der Waals surface area (Å²) in [7, 11) is 3.78. The fourth-order valence-corrected chi connectivity index (χ4v) is 2.49. The highest BCUT2D eigenvalue weighted by Crippen LogP contribution is 2.27. The summed E-state index contributed by atoms with van der Waals surface area (Å²) in [4.78, 5) is 2.01. The Bertz CT molecular complexity index is 639. The first-order chi connectivity index (χ1) is 11.0. The maximum atomic E-state index is 14.0. The number of allylic oxidation sites excluding steroid dienone is 1. The van der Waals surface area contributed by atoms with Gasteiger partial charge in [-0.05, 0) is 25.0 Å². The van der Waals surface area contributed by atoms with Gasteiger partial charge < -0.3 is 10.2 Å². The summed E-state index contributed by atoms with van der Waals surface area (Å²) in [5.74, 6) is -0.300. The van der Waals surface area contributed by atoms with Crippen molar-refractivity contribution < 1.29 is 4.39 Å². The van der Waals surface area contributed by atoms with Crippen molar-refractivity contribution >= 4 is 11.8 Å². The number of hydrogen-bond acceptors (Lipinski definition) is 2. The Morgan fingerprint density at radius 2 is 2.13 bits per heavy atom. The summed E-state index contributed by atoms with van der Waals surface area (Å²) < 4.78 is 14.0. The van der Waals surface area contributed by atoms with Crippen LogP contribution in [0.3, 0.4) is 0 Å². The first kappa shape index (κ1) is 18.5. The van der Waals surface area contributed by atoms with Gasteiger partial charge in [-0.25, -0.2) is 4.39 Å². The normalized spacial score (nSPS) is 11.1. The Morgan fingerprint density at radius 1 is 1.43 bits per heavy atom. The van der Waals surface area contributed by atoms with Crippen molar-refractivity contribution in [2.75, 3.05) is 14.1 Å². The molecule has 1 unspecified atom stereocenters. The maximum Gasteiger partial charge on any atom is 0.131 e. The van der Waals surface area contributed by atoms with E-state index in [1.54, 1.807) is 6.07 Å². The summed E-state index contributed by atoms with van der Waals surface area (Å²) in [5, 5.41) is 3.10. The second-order valence-corrected chi connectivity index (χ2v) is 5.24. The molecule has 0 saturated heterocycles. The molecule has 3 heteroatoms. The van der Waals surface area contributed by atoms with Crippen molar-refractivity contribution in [3.63, 3.8) is 0 Å². The van der Waals surface area contributed by atoms with E-state index in [0.29, 0.717) is 5.56 Å². The van der Waals surface area contributed by atoms with E-state index in [1.165, 1.54) is 12.1 Å². The van der Waals surface area contributed by atoms with Crippen molar-refractivity contribution in [2.24, 2.45) is 0 Å². The highest BCUT2D eigenvalue weighted by Gasteiger charge is 2.20. The molecule has 1 aromatic rings. The molecule has 0 saturated carbocycles. The number of rotatable bonds is 9. The van der Waals surface area contributed by atoms with Gasteiger partial charge in [0.2, 0.25) is 0 Å². The van der Waals surface area contributed by atoms with E-state index in [9.17, 15) is 4.39 Å². The Balaban J connectivity index is 3.12. The Hall–Kier alpha value is -2.51.